The second-order valence-electron chi connectivity index (χ2n) is 12.2. The van der Waals surface area contributed by atoms with Crippen molar-refractivity contribution in [3.05, 3.63) is 134 Å². The Bertz CT molecular complexity index is 2370. The van der Waals surface area contributed by atoms with Gasteiger partial charge >= 0.3 is 5.76 Å². The molecule has 0 fully saturated rings. The van der Waals surface area contributed by atoms with Crippen LogP contribution in [-0.2, 0) is 32.9 Å². The van der Waals surface area contributed by atoms with Gasteiger partial charge in [-0.3, -0.25) is 9.51 Å². The molecule has 7 aromatic rings. The zero-order chi connectivity index (χ0) is 31.4. The number of nitrogens with one attached hydrogen (secondary N) is 1. The lowest BCUT2D eigenvalue weighted by molar-refractivity contribution is 0.385. The van der Waals surface area contributed by atoms with Crippen LogP contribution >= 0.6 is 0 Å². The second kappa shape index (κ2) is 11.1. The first kappa shape index (κ1) is 28.0. The van der Waals surface area contributed by atoms with Crippen molar-refractivity contribution in [1.29, 1.82) is 0 Å². The van der Waals surface area contributed by atoms with E-state index in [2.05, 4.69) is 113 Å². The summed E-state index contributed by atoms with van der Waals surface area (Å²) in [7, 11) is 2.08. The van der Waals surface area contributed by atoms with Crippen LogP contribution in [0.5, 0.6) is 0 Å². The van der Waals surface area contributed by atoms with Crippen LogP contribution in [0.25, 0.3) is 45.1 Å². The Balaban J connectivity index is 1.23. The van der Waals surface area contributed by atoms with Crippen molar-refractivity contribution in [1.82, 2.24) is 29.2 Å². The molecule has 0 saturated heterocycles. The lowest BCUT2D eigenvalue weighted by atomic mass is 9.92. The van der Waals surface area contributed by atoms with Crippen LogP contribution in [0, 0.1) is 6.92 Å². The molecular weight excluding hydrogens is 572 g/mol. The minimum Gasteiger partial charge on any atom is -0.327 e. The molecule has 0 saturated carbocycles. The number of H-pyrrole nitrogens is 1. The predicted molar refractivity (Wildman–Crippen MR) is 182 cm³/mol. The van der Waals surface area contributed by atoms with E-state index in [0.717, 1.165) is 87.2 Å². The summed E-state index contributed by atoms with van der Waals surface area (Å²) < 4.78 is 9.37. The summed E-state index contributed by atoms with van der Waals surface area (Å²) in [6, 6.07) is 28.0. The standard InChI is InChI=1S/C38H34N6O2/c1-4-9-35-41-36-23(2)18-27(37-39-31-12-7-8-13-32(31)43(37)3)20-33(36)44(35)22-24-14-17-29-26(19-24)16-15-25-10-5-6-11-28(25)30(29)21-34-40-38(45)46-42-34/h5-8,10-14,17-21H,4,9,15-16,22H2,1-3H3,(H,40,42,45)/b30-21+. The molecule has 0 bridgehead atoms. The number of benzene rings is 4. The summed E-state index contributed by atoms with van der Waals surface area (Å²) in [4.78, 5) is 24.6. The molecule has 228 valence electrons. The minimum atomic E-state index is -0.561. The Kier molecular flexibility index (Phi) is 6.78. The van der Waals surface area contributed by atoms with Crippen LogP contribution in [0.15, 0.2) is 88.2 Å². The number of rotatable bonds is 6. The fourth-order valence-corrected chi connectivity index (χ4v) is 6.97. The van der Waals surface area contributed by atoms with E-state index in [-0.39, 0.29) is 0 Å². The average Bonchev–Trinajstić information content (AvgIpc) is 3.71. The number of para-hydroxylation sites is 2. The summed E-state index contributed by atoms with van der Waals surface area (Å²) in [5, 5.41) is 3.93. The van der Waals surface area contributed by atoms with Gasteiger partial charge in [0.05, 0.1) is 22.1 Å². The molecule has 1 aliphatic carbocycles. The number of aryl methyl sites for hydroxylation is 5. The van der Waals surface area contributed by atoms with E-state index < -0.39 is 5.76 Å². The first-order chi connectivity index (χ1) is 22.5. The third-order valence-electron chi connectivity index (χ3n) is 9.15. The van der Waals surface area contributed by atoms with Gasteiger partial charge in [0.25, 0.3) is 0 Å². The summed E-state index contributed by atoms with van der Waals surface area (Å²) in [6.07, 6.45) is 5.67. The molecule has 0 atom stereocenters. The first-order valence-electron chi connectivity index (χ1n) is 15.9. The highest BCUT2D eigenvalue weighted by atomic mass is 16.5. The summed E-state index contributed by atoms with van der Waals surface area (Å²) in [5.41, 5.74) is 13.6. The highest BCUT2D eigenvalue weighted by Crippen LogP contribution is 2.36. The third kappa shape index (κ3) is 4.77. The number of hydrogen-bond acceptors (Lipinski definition) is 5. The maximum atomic E-state index is 11.7. The lowest BCUT2D eigenvalue weighted by Crippen LogP contribution is -2.06. The van der Waals surface area contributed by atoms with E-state index in [9.17, 15) is 4.79 Å². The number of imidazole rings is 2. The van der Waals surface area contributed by atoms with Gasteiger partial charge in [0.2, 0.25) is 0 Å². The van der Waals surface area contributed by atoms with Gasteiger partial charge in [0.1, 0.15) is 11.6 Å². The quantitative estimate of drug-likeness (QED) is 0.215. The molecule has 0 unspecified atom stereocenters. The van der Waals surface area contributed by atoms with E-state index in [4.69, 9.17) is 14.5 Å². The van der Waals surface area contributed by atoms with Crippen LogP contribution < -0.4 is 5.76 Å². The molecule has 0 aliphatic heterocycles. The van der Waals surface area contributed by atoms with Crippen LogP contribution in [0.1, 0.15) is 58.4 Å². The fraction of sp³-hybridized carbons (Fsp3) is 0.211. The van der Waals surface area contributed by atoms with E-state index in [1.807, 2.05) is 12.1 Å². The predicted octanol–water partition coefficient (Wildman–Crippen LogP) is 7.26. The molecule has 4 aromatic carbocycles. The van der Waals surface area contributed by atoms with Gasteiger partial charge in [-0.15, -0.1) is 0 Å². The highest BCUT2D eigenvalue weighted by molar-refractivity contribution is 5.93. The molecule has 0 amide bonds. The van der Waals surface area contributed by atoms with E-state index in [1.165, 1.54) is 16.7 Å². The Morgan fingerprint density at radius 3 is 2.54 bits per heavy atom. The van der Waals surface area contributed by atoms with Gasteiger partial charge < -0.3 is 9.13 Å². The first-order valence-corrected chi connectivity index (χ1v) is 15.9. The van der Waals surface area contributed by atoms with Gasteiger partial charge in [-0.25, -0.2) is 14.8 Å². The Morgan fingerprint density at radius 2 is 1.72 bits per heavy atom. The molecule has 3 heterocycles. The Hall–Kier alpha value is -5.50. The Labute approximate surface area is 266 Å². The van der Waals surface area contributed by atoms with Crippen molar-refractivity contribution < 1.29 is 4.52 Å². The summed E-state index contributed by atoms with van der Waals surface area (Å²) >= 11 is 0. The minimum absolute atomic E-state index is 0.410. The van der Waals surface area contributed by atoms with E-state index in [0.29, 0.717) is 12.4 Å². The third-order valence-corrected chi connectivity index (χ3v) is 9.15. The van der Waals surface area contributed by atoms with Gasteiger partial charge in [-0.05, 0) is 95.5 Å². The van der Waals surface area contributed by atoms with Crippen molar-refractivity contribution in [3.8, 4) is 11.4 Å². The normalized spacial score (nSPS) is 13.8. The van der Waals surface area contributed by atoms with E-state index >= 15 is 0 Å². The molecule has 3 aromatic heterocycles. The smallest absolute Gasteiger partial charge is 0.327 e. The number of aromatic amines is 1. The van der Waals surface area contributed by atoms with Crippen molar-refractivity contribution in [2.24, 2.45) is 7.05 Å². The van der Waals surface area contributed by atoms with Crippen LogP contribution in [0.3, 0.4) is 0 Å². The highest BCUT2D eigenvalue weighted by Gasteiger charge is 2.21. The molecule has 1 N–H and O–H groups in total. The molecule has 1 aliphatic rings. The lowest BCUT2D eigenvalue weighted by Gasteiger charge is -2.15. The van der Waals surface area contributed by atoms with Gasteiger partial charge in [0, 0.05) is 25.6 Å². The Morgan fingerprint density at radius 1 is 0.913 bits per heavy atom. The maximum absolute atomic E-state index is 11.7. The van der Waals surface area contributed by atoms with Crippen molar-refractivity contribution >= 4 is 33.7 Å². The summed E-state index contributed by atoms with van der Waals surface area (Å²) in [6.45, 7) is 5.07. The molecule has 8 nitrogen and oxygen atoms in total. The average molecular weight is 607 g/mol. The summed E-state index contributed by atoms with van der Waals surface area (Å²) in [5.74, 6) is 1.90. The topological polar surface area (TPSA) is 94.5 Å². The maximum Gasteiger partial charge on any atom is 0.439 e. The van der Waals surface area contributed by atoms with Gasteiger partial charge in [0.15, 0.2) is 5.82 Å². The number of aromatic nitrogens is 6. The van der Waals surface area contributed by atoms with Gasteiger partial charge in [-0.1, -0.05) is 66.7 Å². The molecule has 46 heavy (non-hydrogen) atoms. The molecule has 0 spiro atoms. The largest absolute Gasteiger partial charge is 0.439 e. The van der Waals surface area contributed by atoms with Crippen LogP contribution in [0.4, 0.5) is 0 Å². The van der Waals surface area contributed by atoms with E-state index in [1.54, 1.807) is 0 Å². The molecular formula is C38H34N6O2. The number of fused-ring (bicyclic) bond motifs is 4. The zero-order valence-electron chi connectivity index (χ0n) is 26.2. The SMILES string of the molecule is CCCc1nc2c(C)cc(-c3nc4ccccc4n3C)cc2n1Cc1ccc2c(c1)CCc1ccccc1/C2=C\c1noc(=O)[nH]1. The fourth-order valence-electron chi connectivity index (χ4n) is 6.97. The molecule has 0 radical (unpaired) electrons. The van der Waals surface area contributed by atoms with Crippen molar-refractivity contribution in [3.63, 3.8) is 0 Å². The molecule has 8 heteroatoms. The van der Waals surface area contributed by atoms with Crippen molar-refractivity contribution in [2.75, 3.05) is 0 Å². The molecule has 8 rings (SSSR count). The van der Waals surface area contributed by atoms with Crippen LogP contribution in [-0.4, -0.2) is 29.2 Å². The van der Waals surface area contributed by atoms with Gasteiger partial charge in [-0.2, -0.15) is 0 Å². The number of hydrogen-bond donors (Lipinski definition) is 1. The van der Waals surface area contributed by atoms with Crippen LogP contribution in [0.2, 0.25) is 0 Å². The number of nitrogens with zero attached hydrogens (tertiary/aromatic N) is 5. The monoisotopic (exact) mass is 606 g/mol. The second-order valence-corrected chi connectivity index (χ2v) is 12.2. The zero-order valence-corrected chi connectivity index (χ0v) is 26.2. The van der Waals surface area contributed by atoms with Crippen molar-refractivity contribution in [2.45, 2.75) is 46.1 Å².